The summed E-state index contributed by atoms with van der Waals surface area (Å²) in [5.41, 5.74) is 7.96. The molecule has 1 atom stereocenters. The summed E-state index contributed by atoms with van der Waals surface area (Å²) < 4.78 is 1.93. The van der Waals surface area contributed by atoms with Gasteiger partial charge in [0, 0.05) is 62.3 Å². The topological polar surface area (TPSA) is 79.0 Å². The number of carbonyl (C=O) groups excluding carboxylic acids is 1. The molecule has 224 valence electrons. The van der Waals surface area contributed by atoms with Crippen LogP contribution in [0.25, 0.3) is 5.57 Å². The van der Waals surface area contributed by atoms with Gasteiger partial charge >= 0.3 is 0 Å². The molecule has 0 spiro atoms. The molecule has 2 aromatic heterocycles. The van der Waals surface area contributed by atoms with Gasteiger partial charge in [0.15, 0.2) is 5.71 Å². The average Bonchev–Trinajstić information content (AvgIpc) is 3.60. The molecule has 0 bridgehead atoms. The van der Waals surface area contributed by atoms with Gasteiger partial charge in [0.1, 0.15) is 0 Å². The van der Waals surface area contributed by atoms with Crippen LogP contribution < -0.4 is 0 Å². The van der Waals surface area contributed by atoms with Crippen LogP contribution in [0.4, 0.5) is 0 Å². The summed E-state index contributed by atoms with van der Waals surface area (Å²) in [6.45, 7) is 9.40. The average molecular weight is 598 g/mol. The van der Waals surface area contributed by atoms with Crippen molar-refractivity contribution in [3.8, 4) is 0 Å². The highest BCUT2D eigenvalue weighted by Gasteiger charge is 2.35. The van der Waals surface area contributed by atoms with Crippen LogP contribution in [0.5, 0.6) is 0 Å². The lowest BCUT2D eigenvalue weighted by molar-refractivity contribution is -0.124. The number of aryl methyl sites for hydroxylation is 1. The third-order valence-electron chi connectivity index (χ3n) is 7.13. The van der Waals surface area contributed by atoms with Crippen molar-refractivity contribution < 1.29 is 4.79 Å². The number of hydrogen-bond donors (Lipinski definition) is 0. The molecule has 6 heterocycles. The molecule has 0 aromatic carbocycles. The minimum Gasteiger partial charge on any atom is -0.334 e. The van der Waals surface area contributed by atoms with E-state index in [4.69, 9.17) is 16.7 Å². The zero-order chi connectivity index (χ0) is 30.6. The Labute approximate surface area is 259 Å². The molecule has 8 nitrogen and oxygen atoms in total. The molecule has 1 amide bonds. The highest BCUT2D eigenvalue weighted by Crippen LogP contribution is 2.28. The Hall–Kier alpha value is -4.26. The molecule has 0 radical (unpaired) electrons. The summed E-state index contributed by atoms with van der Waals surface area (Å²) in [5.74, 6) is -0.0836. The van der Waals surface area contributed by atoms with Gasteiger partial charge in [-0.1, -0.05) is 69.3 Å². The standard InChI is InChI=1S/C30H28ClN7O.2C2H6/c31-23-8-6-12-27(33-20-23)22-19-34-36(21-22)17-13-24-10-7-15-37(24)30(39)29-26(28-11-3-4-14-32-28)18-25-9-2-1-5-16-38(25)35-29;2*1-2/h1-6,8,11,14,16,19-21,24H,7,9-10,12-13,15,17H2;2*1-2H3/t24-;;/m0../s1. The van der Waals surface area contributed by atoms with Crippen molar-refractivity contribution in [2.45, 2.75) is 72.4 Å². The molecule has 4 aliphatic rings. The maximum absolute atomic E-state index is 14.0. The number of hydrazone groups is 1. The number of rotatable bonds is 6. The molecule has 1 fully saturated rings. The van der Waals surface area contributed by atoms with Gasteiger partial charge in [-0.15, -0.1) is 0 Å². The number of allylic oxidation sites excluding steroid dienone is 5. The molecule has 4 aliphatic heterocycles. The largest absolute Gasteiger partial charge is 0.334 e. The van der Waals surface area contributed by atoms with E-state index in [0.29, 0.717) is 47.9 Å². The van der Waals surface area contributed by atoms with Gasteiger partial charge in [-0.25, -0.2) is 5.01 Å². The Morgan fingerprint density at radius 1 is 1.12 bits per heavy atom. The van der Waals surface area contributed by atoms with Gasteiger partial charge < -0.3 is 4.90 Å². The minimum absolute atomic E-state index is 0.0836. The van der Waals surface area contributed by atoms with Crippen LogP contribution >= 0.6 is 11.6 Å². The fourth-order valence-electron chi connectivity index (χ4n) is 5.15. The second-order valence-corrected chi connectivity index (χ2v) is 10.1. The fraction of sp³-hybridized carbons (Fsp3) is 0.353. The van der Waals surface area contributed by atoms with Crippen LogP contribution in [0, 0.1) is 0 Å². The number of nitrogens with zero attached hydrogens (tertiary/aromatic N) is 7. The Morgan fingerprint density at radius 2 is 1.98 bits per heavy atom. The first kappa shape index (κ1) is 31.7. The van der Waals surface area contributed by atoms with Gasteiger partial charge in [0.05, 0.1) is 33.9 Å². The van der Waals surface area contributed by atoms with Crippen LogP contribution in [-0.4, -0.2) is 54.6 Å². The van der Waals surface area contributed by atoms with Crippen molar-refractivity contribution >= 4 is 34.5 Å². The van der Waals surface area contributed by atoms with E-state index in [9.17, 15) is 4.79 Å². The summed E-state index contributed by atoms with van der Waals surface area (Å²) >= 11 is 6.07. The number of pyridine rings is 1. The molecule has 0 N–H and O–H groups in total. The molecule has 6 rings (SSSR count). The maximum Gasteiger partial charge on any atom is 0.275 e. The summed E-state index contributed by atoms with van der Waals surface area (Å²) in [6.07, 6.45) is 23.0. The van der Waals surface area contributed by atoms with Crippen molar-refractivity contribution in [3.05, 3.63) is 107 Å². The van der Waals surface area contributed by atoms with Crippen LogP contribution in [0.1, 0.15) is 71.1 Å². The number of aromatic nitrogens is 3. The summed E-state index contributed by atoms with van der Waals surface area (Å²) in [6, 6.07) is 5.79. The first-order chi connectivity index (χ1) is 21.2. The van der Waals surface area contributed by atoms with Gasteiger partial charge in [-0.05, 0) is 43.5 Å². The summed E-state index contributed by atoms with van der Waals surface area (Å²) in [7, 11) is 0. The molecule has 0 aliphatic carbocycles. The number of amides is 1. The Morgan fingerprint density at radius 3 is 2.79 bits per heavy atom. The van der Waals surface area contributed by atoms with E-state index < -0.39 is 0 Å². The molecular formula is C34H40ClN7O. The van der Waals surface area contributed by atoms with Crippen LogP contribution in [-0.2, 0) is 11.3 Å². The summed E-state index contributed by atoms with van der Waals surface area (Å²) in [5, 5.41) is 11.7. The van der Waals surface area contributed by atoms with Gasteiger partial charge in [-0.2, -0.15) is 10.2 Å². The van der Waals surface area contributed by atoms with Crippen LogP contribution in [0.3, 0.4) is 0 Å². The Kier molecular flexibility index (Phi) is 11.7. The molecule has 0 unspecified atom stereocenters. The van der Waals surface area contributed by atoms with E-state index in [0.717, 1.165) is 36.2 Å². The second kappa shape index (κ2) is 15.8. The predicted octanol–water partition coefficient (Wildman–Crippen LogP) is 7.25. The van der Waals surface area contributed by atoms with E-state index in [-0.39, 0.29) is 11.9 Å². The van der Waals surface area contributed by atoms with Crippen molar-refractivity contribution in [1.82, 2.24) is 24.7 Å². The lowest BCUT2D eigenvalue weighted by Crippen LogP contribution is -2.42. The van der Waals surface area contributed by atoms with E-state index in [1.165, 1.54) is 0 Å². The molecule has 43 heavy (non-hydrogen) atoms. The molecule has 9 heteroatoms. The van der Waals surface area contributed by atoms with Crippen LogP contribution in [0.15, 0.2) is 106 Å². The minimum atomic E-state index is -0.0836. The normalized spacial score (nSPS) is 18.8. The first-order valence-corrected chi connectivity index (χ1v) is 15.6. The number of likely N-dealkylation sites (tertiary alicyclic amines) is 1. The zero-order valence-electron chi connectivity index (χ0n) is 25.4. The molecule has 1 saturated heterocycles. The highest BCUT2D eigenvalue weighted by atomic mass is 35.5. The number of halogens is 1. The van der Waals surface area contributed by atoms with Gasteiger partial charge in [0.25, 0.3) is 5.91 Å². The smallest absolute Gasteiger partial charge is 0.275 e. The fourth-order valence-corrected chi connectivity index (χ4v) is 5.29. The van der Waals surface area contributed by atoms with Crippen molar-refractivity contribution in [2.24, 2.45) is 10.1 Å². The molecule has 2 aromatic rings. The predicted molar refractivity (Wildman–Crippen MR) is 175 cm³/mol. The van der Waals surface area contributed by atoms with Crippen LogP contribution in [0.2, 0.25) is 0 Å². The first-order valence-electron chi connectivity index (χ1n) is 15.2. The number of carbonyl (C=O) groups is 1. The third kappa shape index (κ3) is 7.78. The number of fused-ring (bicyclic) bond motifs is 1. The maximum atomic E-state index is 14.0. The monoisotopic (exact) mass is 597 g/mol. The molecular weight excluding hydrogens is 558 g/mol. The van der Waals surface area contributed by atoms with E-state index in [2.05, 4.69) is 26.9 Å². The SMILES string of the molecule is CC.CC.O=C(C1=NN2C=CC=CCC2=C=C1c1ccccn1)N1CCC[C@H]1CCn1cc(C2=NC=C(Cl)C=CC2)cn1. The summed E-state index contributed by atoms with van der Waals surface area (Å²) in [4.78, 5) is 25.0. The Balaban J connectivity index is 0.00000102. The highest BCUT2D eigenvalue weighted by molar-refractivity contribution is 6.55. The molecule has 0 saturated carbocycles. The van der Waals surface area contributed by atoms with Gasteiger partial charge in [0.2, 0.25) is 0 Å². The van der Waals surface area contributed by atoms with E-state index in [1.807, 2.05) is 98.4 Å². The van der Waals surface area contributed by atoms with Gasteiger partial charge in [-0.3, -0.25) is 19.5 Å². The van der Waals surface area contributed by atoms with E-state index in [1.54, 1.807) is 17.4 Å². The second-order valence-electron chi connectivity index (χ2n) is 9.70. The zero-order valence-corrected chi connectivity index (χ0v) is 26.2. The third-order valence-corrected chi connectivity index (χ3v) is 7.35. The van der Waals surface area contributed by atoms with Crippen molar-refractivity contribution in [2.75, 3.05) is 6.54 Å². The van der Waals surface area contributed by atoms with Crippen molar-refractivity contribution in [3.63, 3.8) is 0 Å². The number of aliphatic imine (C=N–C) groups is 1. The lowest BCUT2D eigenvalue weighted by Gasteiger charge is -2.28. The Bertz CT molecular complexity index is 1520. The number of hydrogen-bond acceptors (Lipinski definition) is 6. The quantitative estimate of drug-likeness (QED) is 0.328. The van der Waals surface area contributed by atoms with Crippen molar-refractivity contribution in [1.29, 1.82) is 0 Å². The van der Waals surface area contributed by atoms with E-state index >= 15 is 0 Å². The lowest BCUT2D eigenvalue weighted by atomic mass is 10.0.